The van der Waals surface area contributed by atoms with Crippen LogP contribution in [-0.4, -0.2) is 17.4 Å². The van der Waals surface area contributed by atoms with E-state index in [0.29, 0.717) is 24.2 Å². The van der Waals surface area contributed by atoms with E-state index in [9.17, 15) is 14.0 Å². The summed E-state index contributed by atoms with van der Waals surface area (Å²) in [6.07, 6.45) is 1.44. The molecule has 0 aliphatic rings. The van der Waals surface area contributed by atoms with E-state index in [4.69, 9.17) is 5.73 Å². The van der Waals surface area contributed by atoms with Crippen molar-refractivity contribution < 1.29 is 14.0 Å². The summed E-state index contributed by atoms with van der Waals surface area (Å²) in [6, 6.07) is 12.5. The molecule has 0 aromatic heterocycles. The molecular formula is C20H25ClFN3O2. The quantitative estimate of drug-likeness (QED) is 0.671. The molecule has 0 radical (unpaired) electrons. The van der Waals surface area contributed by atoms with Crippen LogP contribution in [0.2, 0.25) is 0 Å². The lowest BCUT2D eigenvalue weighted by molar-refractivity contribution is -0.126. The van der Waals surface area contributed by atoms with Gasteiger partial charge in [0.1, 0.15) is 5.82 Å². The van der Waals surface area contributed by atoms with Gasteiger partial charge in [0.05, 0.1) is 5.54 Å². The van der Waals surface area contributed by atoms with Crippen molar-refractivity contribution in [2.24, 2.45) is 5.73 Å². The summed E-state index contributed by atoms with van der Waals surface area (Å²) in [6.45, 7) is 4.04. The summed E-state index contributed by atoms with van der Waals surface area (Å²) in [5, 5.41) is 5.52. The number of halogens is 2. The van der Waals surface area contributed by atoms with Gasteiger partial charge in [0.15, 0.2) is 0 Å². The van der Waals surface area contributed by atoms with E-state index in [1.54, 1.807) is 31.2 Å². The summed E-state index contributed by atoms with van der Waals surface area (Å²) < 4.78 is 12.9. The number of carbonyl (C=O) groups excluding carboxylic acids is 2. The van der Waals surface area contributed by atoms with Crippen molar-refractivity contribution in [1.29, 1.82) is 0 Å². The van der Waals surface area contributed by atoms with Gasteiger partial charge < -0.3 is 16.4 Å². The van der Waals surface area contributed by atoms with Gasteiger partial charge in [-0.2, -0.15) is 0 Å². The molecule has 2 aromatic carbocycles. The van der Waals surface area contributed by atoms with Gasteiger partial charge >= 0.3 is 0 Å². The number of nitrogens with two attached hydrogens (primary N) is 1. The third-order valence-corrected chi connectivity index (χ3v) is 4.06. The van der Waals surface area contributed by atoms with Gasteiger partial charge in [-0.25, -0.2) is 4.39 Å². The second kappa shape index (κ2) is 10.0. The zero-order valence-electron chi connectivity index (χ0n) is 15.4. The molecule has 0 aliphatic carbocycles. The van der Waals surface area contributed by atoms with Gasteiger partial charge in [0, 0.05) is 17.8 Å². The van der Waals surface area contributed by atoms with Crippen molar-refractivity contribution >= 4 is 29.9 Å². The molecule has 7 heteroatoms. The molecule has 5 nitrogen and oxygen atoms in total. The molecule has 0 fully saturated rings. The lowest BCUT2D eigenvalue weighted by atomic mass is 9.96. The normalized spacial score (nSPS) is 12.4. The number of anilines is 1. The van der Waals surface area contributed by atoms with Crippen LogP contribution in [0.15, 0.2) is 48.5 Å². The maximum Gasteiger partial charge on any atom is 0.255 e. The molecule has 0 heterocycles. The molecular weight excluding hydrogens is 369 g/mol. The molecule has 0 spiro atoms. The van der Waals surface area contributed by atoms with Crippen molar-refractivity contribution in [2.75, 3.05) is 5.32 Å². The minimum Gasteiger partial charge on any atom is -0.350 e. The highest BCUT2D eigenvalue weighted by molar-refractivity contribution is 6.04. The Morgan fingerprint density at radius 3 is 2.22 bits per heavy atom. The first kappa shape index (κ1) is 22.6. The van der Waals surface area contributed by atoms with Crippen molar-refractivity contribution in [3.63, 3.8) is 0 Å². The third kappa shape index (κ3) is 6.66. The van der Waals surface area contributed by atoms with E-state index >= 15 is 0 Å². The maximum absolute atomic E-state index is 12.9. The number of hydrogen-bond acceptors (Lipinski definition) is 3. The minimum atomic E-state index is -0.885. The van der Waals surface area contributed by atoms with Gasteiger partial charge in [-0.3, -0.25) is 9.59 Å². The average molecular weight is 394 g/mol. The van der Waals surface area contributed by atoms with Crippen molar-refractivity contribution in [2.45, 2.75) is 38.8 Å². The fourth-order valence-corrected chi connectivity index (χ4v) is 2.53. The number of benzene rings is 2. The topological polar surface area (TPSA) is 84.2 Å². The van der Waals surface area contributed by atoms with Gasteiger partial charge in [0.2, 0.25) is 5.91 Å². The second-order valence-electron chi connectivity index (χ2n) is 6.51. The lowest BCUT2D eigenvalue weighted by Crippen LogP contribution is -2.51. The van der Waals surface area contributed by atoms with E-state index in [2.05, 4.69) is 10.6 Å². The van der Waals surface area contributed by atoms with E-state index in [-0.39, 0.29) is 30.0 Å². The largest absolute Gasteiger partial charge is 0.350 e. The molecule has 2 amide bonds. The third-order valence-electron chi connectivity index (χ3n) is 4.06. The van der Waals surface area contributed by atoms with Gasteiger partial charge in [-0.1, -0.05) is 25.5 Å². The molecule has 4 N–H and O–H groups in total. The summed E-state index contributed by atoms with van der Waals surface area (Å²) in [7, 11) is 0. The first-order valence-electron chi connectivity index (χ1n) is 8.55. The monoisotopic (exact) mass is 393 g/mol. The fraction of sp³-hybridized carbons (Fsp3) is 0.300. The standard InChI is InChI=1S/C20H24FN3O2.ClH/c1-3-12-20(2,22)19(26)23-13-14-4-6-15(7-5-14)18(25)24-17-10-8-16(21)9-11-17;/h4-11H,3,12-13,22H2,1-2H3,(H,23,26)(H,24,25);1H. The van der Waals surface area contributed by atoms with Crippen molar-refractivity contribution in [3.8, 4) is 0 Å². The molecule has 2 aromatic rings. The van der Waals surface area contributed by atoms with E-state index in [0.717, 1.165) is 12.0 Å². The molecule has 0 saturated carbocycles. The van der Waals surface area contributed by atoms with Gasteiger partial charge in [0.25, 0.3) is 5.91 Å². The Morgan fingerprint density at radius 2 is 1.67 bits per heavy atom. The Kier molecular flexibility index (Phi) is 8.40. The molecule has 1 unspecified atom stereocenters. The van der Waals surface area contributed by atoms with E-state index in [1.165, 1.54) is 24.3 Å². The Balaban J connectivity index is 0.00000364. The Labute approximate surface area is 164 Å². The number of nitrogens with one attached hydrogen (secondary N) is 2. The molecule has 2 rings (SSSR count). The van der Waals surface area contributed by atoms with Crippen LogP contribution in [-0.2, 0) is 11.3 Å². The van der Waals surface area contributed by atoms with Crippen LogP contribution in [0.5, 0.6) is 0 Å². The van der Waals surface area contributed by atoms with Crippen LogP contribution in [0.25, 0.3) is 0 Å². The van der Waals surface area contributed by atoms with Crippen LogP contribution in [0.4, 0.5) is 10.1 Å². The highest BCUT2D eigenvalue weighted by Gasteiger charge is 2.26. The zero-order chi connectivity index (χ0) is 19.2. The van der Waals surface area contributed by atoms with Crippen LogP contribution < -0.4 is 16.4 Å². The number of hydrogen-bond donors (Lipinski definition) is 3. The zero-order valence-corrected chi connectivity index (χ0v) is 16.2. The second-order valence-corrected chi connectivity index (χ2v) is 6.51. The van der Waals surface area contributed by atoms with Crippen molar-refractivity contribution in [1.82, 2.24) is 5.32 Å². The summed E-state index contributed by atoms with van der Waals surface area (Å²) >= 11 is 0. The van der Waals surface area contributed by atoms with Crippen LogP contribution >= 0.6 is 12.4 Å². The number of rotatable bonds is 7. The summed E-state index contributed by atoms with van der Waals surface area (Å²) in [5.74, 6) is -0.843. The van der Waals surface area contributed by atoms with Crippen LogP contribution in [0.1, 0.15) is 42.6 Å². The molecule has 0 aliphatic heterocycles. The molecule has 1 atom stereocenters. The predicted molar refractivity (Wildman–Crippen MR) is 107 cm³/mol. The maximum atomic E-state index is 12.9. The lowest BCUT2D eigenvalue weighted by Gasteiger charge is -2.22. The van der Waals surface area contributed by atoms with Crippen LogP contribution in [0, 0.1) is 5.82 Å². The summed E-state index contributed by atoms with van der Waals surface area (Å²) in [4.78, 5) is 24.3. The molecule has 0 bridgehead atoms. The van der Waals surface area contributed by atoms with E-state index in [1.807, 2.05) is 6.92 Å². The first-order chi connectivity index (χ1) is 12.3. The Hall–Kier alpha value is -2.44. The number of carbonyl (C=O) groups is 2. The van der Waals surface area contributed by atoms with Gasteiger partial charge in [-0.05, 0) is 55.3 Å². The summed E-state index contributed by atoms with van der Waals surface area (Å²) in [5.41, 5.74) is 6.96. The van der Waals surface area contributed by atoms with Crippen LogP contribution in [0.3, 0.4) is 0 Å². The highest BCUT2D eigenvalue weighted by atomic mass is 35.5. The van der Waals surface area contributed by atoms with Gasteiger partial charge in [-0.15, -0.1) is 12.4 Å². The first-order valence-corrected chi connectivity index (χ1v) is 8.55. The SMILES string of the molecule is CCCC(C)(N)C(=O)NCc1ccc(C(=O)Nc2ccc(F)cc2)cc1.Cl. The molecule has 146 valence electrons. The highest BCUT2D eigenvalue weighted by Crippen LogP contribution is 2.12. The Morgan fingerprint density at radius 1 is 1.07 bits per heavy atom. The number of amides is 2. The predicted octanol–water partition coefficient (Wildman–Crippen LogP) is 3.63. The average Bonchev–Trinajstić information content (AvgIpc) is 2.62. The minimum absolute atomic E-state index is 0. The smallest absolute Gasteiger partial charge is 0.255 e. The Bertz CT molecular complexity index is 762. The molecule has 0 saturated heterocycles. The van der Waals surface area contributed by atoms with Crippen molar-refractivity contribution in [3.05, 3.63) is 65.5 Å². The molecule has 27 heavy (non-hydrogen) atoms. The fourth-order valence-electron chi connectivity index (χ4n) is 2.53. The van der Waals surface area contributed by atoms with E-state index < -0.39 is 5.54 Å².